The minimum atomic E-state index is -0.622. The van der Waals surface area contributed by atoms with Crippen molar-refractivity contribution in [3.63, 3.8) is 0 Å². The summed E-state index contributed by atoms with van der Waals surface area (Å²) < 4.78 is 29.3. The maximum absolute atomic E-state index is 13.8. The highest BCUT2D eigenvalue weighted by atomic mass is 32.2. The summed E-state index contributed by atoms with van der Waals surface area (Å²) in [7, 11) is -0.622. The van der Waals surface area contributed by atoms with Gasteiger partial charge in [-0.2, -0.15) is 0 Å². The molecule has 1 saturated heterocycles. The molecule has 1 aliphatic rings. The van der Waals surface area contributed by atoms with E-state index in [9.17, 15) is 8.78 Å². The molecule has 2 rings (SSSR count). The van der Waals surface area contributed by atoms with Gasteiger partial charge in [0.1, 0.15) is 11.6 Å². The van der Waals surface area contributed by atoms with E-state index in [0.717, 1.165) is 26.2 Å². The summed E-state index contributed by atoms with van der Waals surface area (Å²) in [6.45, 7) is 4.95. The molecule has 0 aromatic heterocycles. The maximum atomic E-state index is 13.8. The van der Waals surface area contributed by atoms with Crippen molar-refractivity contribution in [2.75, 3.05) is 26.2 Å². The first-order valence-corrected chi connectivity index (χ1v) is 6.90. The van der Waals surface area contributed by atoms with Gasteiger partial charge in [0.2, 0.25) is 0 Å². The fraction of sp³-hybridized carbons (Fsp3) is 0.417. The van der Waals surface area contributed by atoms with Crippen molar-refractivity contribution >= 4 is 16.5 Å². The van der Waals surface area contributed by atoms with Crippen molar-refractivity contribution in [1.29, 1.82) is 0 Å². The van der Waals surface area contributed by atoms with Gasteiger partial charge in [-0.3, -0.25) is 0 Å². The Balaban J connectivity index is 2.26. The predicted molar refractivity (Wildman–Crippen MR) is 68.5 cm³/mol. The second kappa shape index (κ2) is 5.25. The van der Waals surface area contributed by atoms with Crippen LogP contribution in [0.3, 0.4) is 0 Å². The molecule has 1 atom stereocenters. The summed E-state index contributed by atoms with van der Waals surface area (Å²) in [6, 6.07) is 2.53. The van der Waals surface area contributed by atoms with Crippen LogP contribution in [0.2, 0.25) is 0 Å². The van der Waals surface area contributed by atoms with Gasteiger partial charge in [-0.25, -0.2) is 13.1 Å². The number of piperazine rings is 1. The Hall–Kier alpha value is -0.780. The largest absolute Gasteiger partial charge is 0.314 e. The highest BCUT2D eigenvalue weighted by Crippen LogP contribution is 2.32. The lowest BCUT2D eigenvalue weighted by Crippen LogP contribution is -2.40. The molecule has 1 fully saturated rings. The van der Waals surface area contributed by atoms with Crippen molar-refractivity contribution in [3.8, 4) is 0 Å². The Bertz CT molecular complexity index is 442. The number of halogens is 2. The number of rotatable bonds is 2. The zero-order valence-corrected chi connectivity index (χ0v) is 10.6. The van der Waals surface area contributed by atoms with Crippen LogP contribution in [-0.2, 0) is 0 Å². The van der Waals surface area contributed by atoms with Gasteiger partial charge >= 0.3 is 0 Å². The molecule has 5 heteroatoms. The van der Waals surface area contributed by atoms with E-state index in [1.807, 2.05) is 0 Å². The van der Waals surface area contributed by atoms with Gasteiger partial charge in [0.25, 0.3) is 0 Å². The highest BCUT2D eigenvalue weighted by molar-refractivity contribution is 8.12. The molecule has 1 unspecified atom stereocenters. The number of benzene rings is 1. The van der Waals surface area contributed by atoms with Crippen LogP contribution in [-0.4, -0.2) is 36.4 Å². The maximum Gasteiger partial charge on any atom is 0.137 e. The zero-order chi connectivity index (χ0) is 12.4. The molecule has 17 heavy (non-hydrogen) atoms. The van der Waals surface area contributed by atoms with E-state index in [1.54, 1.807) is 6.92 Å². The summed E-state index contributed by atoms with van der Waals surface area (Å²) >= 11 is 0. The van der Waals surface area contributed by atoms with Gasteiger partial charge in [-0.1, -0.05) is 16.5 Å². The Morgan fingerprint density at radius 1 is 1.24 bits per heavy atom. The van der Waals surface area contributed by atoms with Gasteiger partial charge in [-0.15, -0.1) is 0 Å². The first kappa shape index (κ1) is 12.7. The van der Waals surface area contributed by atoms with Gasteiger partial charge < -0.3 is 5.32 Å². The smallest absolute Gasteiger partial charge is 0.137 e. The molecule has 0 radical (unpaired) electrons. The fourth-order valence-corrected chi connectivity index (χ4v) is 3.24. The molecule has 1 aliphatic heterocycles. The molecule has 1 heterocycles. The Morgan fingerprint density at radius 2 is 1.88 bits per heavy atom. The third-order valence-electron chi connectivity index (χ3n) is 2.85. The van der Waals surface area contributed by atoms with E-state index in [0.29, 0.717) is 10.5 Å². The van der Waals surface area contributed by atoms with Crippen LogP contribution >= 0.6 is 10.7 Å². The highest BCUT2D eigenvalue weighted by Gasteiger charge is 2.17. The number of hydrogen-bond donors (Lipinski definition) is 1. The molecular formula is C12H16F2N2S. The summed E-state index contributed by atoms with van der Waals surface area (Å²) in [4.78, 5) is 0.370. The number of hydrogen-bond acceptors (Lipinski definition) is 2. The topological polar surface area (TPSA) is 15.3 Å². The fourth-order valence-electron chi connectivity index (χ4n) is 1.81. The van der Waals surface area contributed by atoms with Crippen molar-refractivity contribution in [2.45, 2.75) is 11.8 Å². The predicted octanol–water partition coefficient (Wildman–Crippen LogP) is 2.15. The van der Waals surface area contributed by atoms with E-state index in [2.05, 4.69) is 15.5 Å². The summed E-state index contributed by atoms with van der Waals surface area (Å²) in [5.41, 5.74) is 0.337. The van der Waals surface area contributed by atoms with Crippen LogP contribution in [0, 0.1) is 18.6 Å². The van der Waals surface area contributed by atoms with Crippen molar-refractivity contribution < 1.29 is 8.78 Å². The molecule has 0 spiro atoms. The number of nitrogens with zero attached hydrogens (tertiary/aromatic N) is 1. The summed E-state index contributed by atoms with van der Waals surface area (Å²) in [6.07, 6.45) is 0. The first-order chi connectivity index (χ1) is 8.09. The van der Waals surface area contributed by atoms with Crippen LogP contribution in [0.1, 0.15) is 5.56 Å². The van der Waals surface area contributed by atoms with Crippen LogP contribution in [0.4, 0.5) is 8.78 Å². The molecule has 0 aliphatic carbocycles. The SMILES string of the molecule is C=S(c1cc(F)c(C)cc1F)N1CCNCC1. The Labute approximate surface area is 103 Å². The summed E-state index contributed by atoms with van der Waals surface area (Å²) in [5, 5.41) is 3.22. The Kier molecular flexibility index (Phi) is 3.91. The molecule has 0 amide bonds. The second-order valence-corrected chi connectivity index (χ2v) is 5.76. The minimum absolute atomic E-state index is 0.337. The monoisotopic (exact) mass is 258 g/mol. The average molecular weight is 258 g/mol. The van der Waals surface area contributed by atoms with Gasteiger partial charge in [-0.05, 0) is 24.6 Å². The lowest BCUT2D eigenvalue weighted by molar-refractivity contribution is 0.394. The third kappa shape index (κ3) is 2.73. The second-order valence-electron chi connectivity index (χ2n) is 4.08. The van der Waals surface area contributed by atoms with Crippen molar-refractivity contribution in [3.05, 3.63) is 29.3 Å². The lowest BCUT2D eigenvalue weighted by Gasteiger charge is -2.29. The van der Waals surface area contributed by atoms with Crippen molar-refractivity contribution in [2.24, 2.45) is 0 Å². The molecule has 94 valence electrons. The Morgan fingerprint density at radius 3 is 2.53 bits per heavy atom. The quantitative estimate of drug-likeness (QED) is 0.818. The van der Waals surface area contributed by atoms with E-state index >= 15 is 0 Å². The normalized spacial score (nSPS) is 19.2. The molecule has 1 N–H and O–H groups in total. The molecule has 2 nitrogen and oxygen atoms in total. The van der Waals surface area contributed by atoms with E-state index in [4.69, 9.17) is 0 Å². The molecule has 0 bridgehead atoms. The molecule has 0 saturated carbocycles. The number of nitrogens with one attached hydrogen (secondary N) is 1. The minimum Gasteiger partial charge on any atom is -0.314 e. The molecule has 1 aromatic carbocycles. The van der Waals surface area contributed by atoms with Crippen molar-refractivity contribution in [1.82, 2.24) is 9.62 Å². The average Bonchev–Trinajstić information content (AvgIpc) is 2.34. The van der Waals surface area contributed by atoms with E-state index in [-0.39, 0.29) is 11.6 Å². The number of aryl methyl sites for hydroxylation is 1. The molecular weight excluding hydrogens is 242 g/mol. The lowest BCUT2D eigenvalue weighted by atomic mass is 10.2. The standard InChI is InChI=1S/C12H16F2N2S/c1-9-7-11(14)12(8-10(9)13)17(2)16-5-3-15-4-6-16/h7-8,15H,2-6H2,1H3. The van der Waals surface area contributed by atoms with Crippen LogP contribution in [0.5, 0.6) is 0 Å². The zero-order valence-electron chi connectivity index (χ0n) is 9.80. The van der Waals surface area contributed by atoms with Gasteiger partial charge in [0.15, 0.2) is 0 Å². The first-order valence-electron chi connectivity index (χ1n) is 5.55. The molecule has 1 aromatic rings. The van der Waals surface area contributed by atoms with Crippen LogP contribution < -0.4 is 5.32 Å². The van der Waals surface area contributed by atoms with Crippen LogP contribution in [0.15, 0.2) is 17.0 Å². The van der Waals surface area contributed by atoms with E-state index < -0.39 is 10.7 Å². The van der Waals surface area contributed by atoms with E-state index in [1.165, 1.54) is 12.1 Å². The third-order valence-corrected chi connectivity index (χ3v) is 4.66. The van der Waals surface area contributed by atoms with Gasteiger partial charge in [0, 0.05) is 26.2 Å². The van der Waals surface area contributed by atoms with Crippen LogP contribution in [0.25, 0.3) is 0 Å². The summed E-state index contributed by atoms with van der Waals surface area (Å²) in [5.74, 6) is 3.26. The van der Waals surface area contributed by atoms with Gasteiger partial charge in [0.05, 0.1) is 4.90 Å².